The number of aromatic nitrogens is 3. The topological polar surface area (TPSA) is 73.5 Å². The quantitative estimate of drug-likeness (QED) is 0.406. The minimum absolute atomic E-state index is 0.515. The summed E-state index contributed by atoms with van der Waals surface area (Å²) in [5.74, 6) is 2.31. The van der Waals surface area contributed by atoms with Gasteiger partial charge in [0.25, 0.3) is 0 Å². The lowest BCUT2D eigenvalue weighted by atomic mass is 10.1. The third kappa shape index (κ3) is 4.00. The second-order valence-corrected chi connectivity index (χ2v) is 7.42. The van der Waals surface area contributed by atoms with Crippen molar-refractivity contribution in [2.45, 2.75) is 6.92 Å². The number of aryl methyl sites for hydroxylation is 1. The van der Waals surface area contributed by atoms with Crippen molar-refractivity contribution >= 4 is 23.2 Å². The Balaban J connectivity index is 1.36. The Kier molecular flexibility index (Phi) is 5.43. The maximum Gasteiger partial charge on any atom is 0.158 e. The van der Waals surface area contributed by atoms with Crippen LogP contribution in [0.5, 0.6) is 17.2 Å². The third-order valence-corrected chi connectivity index (χ3v) is 5.25. The van der Waals surface area contributed by atoms with E-state index in [1.165, 1.54) is 6.33 Å². The first-order valence-electron chi connectivity index (χ1n) is 10.3. The van der Waals surface area contributed by atoms with Crippen LogP contribution >= 0.6 is 0 Å². The molecule has 0 aliphatic carbocycles. The molecule has 162 valence electrons. The van der Waals surface area contributed by atoms with Crippen molar-refractivity contribution in [3.05, 3.63) is 72.2 Å². The van der Waals surface area contributed by atoms with E-state index in [1.807, 2.05) is 55.7 Å². The number of methoxy groups -OCH3 is 1. The van der Waals surface area contributed by atoms with E-state index < -0.39 is 0 Å². The molecule has 2 aromatic heterocycles. The van der Waals surface area contributed by atoms with Crippen molar-refractivity contribution in [2.75, 3.05) is 31.9 Å². The molecule has 0 unspecified atom stereocenters. The predicted molar refractivity (Wildman–Crippen MR) is 123 cm³/mol. The van der Waals surface area contributed by atoms with Crippen LogP contribution in [0.1, 0.15) is 11.1 Å². The Bertz CT molecular complexity index is 1280. The summed E-state index contributed by atoms with van der Waals surface area (Å²) in [7, 11) is 1.66. The molecule has 0 amide bonds. The Hall–Kier alpha value is -3.91. The van der Waals surface area contributed by atoms with Gasteiger partial charge in [-0.15, -0.1) is 0 Å². The molecular formula is C24H23N5O3. The van der Waals surface area contributed by atoms with Crippen molar-refractivity contribution in [2.24, 2.45) is 4.99 Å². The lowest BCUT2D eigenvalue weighted by Gasteiger charge is -2.28. The maximum atomic E-state index is 6.10. The van der Waals surface area contributed by atoms with Gasteiger partial charge in [0.2, 0.25) is 0 Å². The average molecular weight is 429 g/mol. The van der Waals surface area contributed by atoms with Crippen molar-refractivity contribution in [3.63, 3.8) is 0 Å². The third-order valence-electron chi connectivity index (χ3n) is 5.25. The van der Waals surface area contributed by atoms with Crippen LogP contribution in [0.2, 0.25) is 0 Å². The van der Waals surface area contributed by atoms with Crippen LogP contribution in [0, 0.1) is 6.92 Å². The van der Waals surface area contributed by atoms with Gasteiger partial charge in [-0.25, -0.2) is 9.50 Å². The number of pyridine rings is 1. The molecule has 2 aromatic carbocycles. The summed E-state index contributed by atoms with van der Waals surface area (Å²) in [4.78, 5) is 10.9. The molecular weight excluding hydrogens is 406 g/mol. The lowest BCUT2D eigenvalue weighted by Crippen LogP contribution is -2.22. The molecule has 0 fully saturated rings. The number of rotatable bonds is 7. The highest BCUT2D eigenvalue weighted by atomic mass is 16.5. The van der Waals surface area contributed by atoms with Gasteiger partial charge in [-0.3, -0.25) is 4.99 Å². The van der Waals surface area contributed by atoms with Crippen molar-refractivity contribution in [1.82, 2.24) is 14.6 Å². The molecule has 0 spiro atoms. The smallest absolute Gasteiger partial charge is 0.158 e. The number of ether oxygens (including phenoxy) is 3. The van der Waals surface area contributed by atoms with E-state index in [0.717, 1.165) is 45.4 Å². The summed E-state index contributed by atoms with van der Waals surface area (Å²) in [6, 6.07) is 15.9. The highest BCUT2D eigenvalue weighted by Gasteiger charge is 2.17. The van der Waals surface area contributed by atoms with Crippen molar-refractivity contribution in [3.8, 4) is 17.2 Å². The van der Waals surface area contributed by atoms with E-state index in [1.54, 1.807) is 11.6 Å². The number of nitrogens with zero attached hydrogens (tertiary/aromatic N) is 5. The van der Waals surface area contributed by atoms with Gasteiger partial charge in [0.15, 0.2) is 5.65 Å². The van der Waals surface area contributed by atoms with Gasteiger partial charge >= 0.3 is 0 Å². The number of aliphatic imine (C=N–C) groups is 1. The summed E-state index contributed by atoms with van der Waals surface area (Å²) >= 11 is 0. The van der Waals surface area contributed by atoms with Crippen LogP contribution < -0.4 is 14.4 Å². The number of anilines is 2. The van der Waals surface area contributed by atoms with Crippen molar-refractivity contribution < 1.29 is 14.2 Å². The molecule has 8 nitrogen and oxygen atoms in total. The highest BCUT2D eigenvalue weighted by Crippen LogP contribution is 2.35. The molecule has 5 rings (SSSR count). The minimum Gasteiger partial charge on any atom is -0.491 e. The van der Waals surface area contributed by atoms with E-state index in [2.05, 4.69) is 32.1 Å². The summed E-state index contributed by atoms with van der Waals surface area (Å²) in [6.07, 6.45) is 5.24. The van der Waals surface area contributed by atoms with Crippen LogP contribution in [0.3, 0.4) is 0 Å². The molecule has 1 aliphatic heterocycles. The van der Waals surface area contributed by atoms with Gasteiger partial charge in [-0.1, -0.05) is 0 Å². The fourth-order valence-corrected chi connectivity index (χ4v) is 3.64. The standard InChI is InChI=1S/C24H23N5O3/c1-17-11-19(3-6-23(17)32-21-7-8-29-24(13-21)26-15-27-29)28-16-25-14-18-12-20(4-5-22(18)28)31-10-9-30-2/h3-8,11-15H,9-10,16H2,1-2H3. The number of fused-ring (bicyclic) bond motifs is 2. The largest absolute Gasteiger partial charge is 0.491 e. The summed E-state index contributed by atoms with van der Waals surface area (Å²) in [6.45, 7) is 3.66. The second-order valence-electron chi connectivity index (χ2n) is 7.42. The van der Waals surface area contributed by atoms with E-state index in [4.69, 9.17) is 14.2 Å². The molecule has 32 heavy (non-hydrogen) atoms. The van der Waals surface area contributed by atoms with E-state index in [0.29, 0.717) is 19.9 Å². The van der Waals surface area contributed by atoms with Gasteiger partial charge < -0.3 is 19.1 Å². The number of hydrogen-bond donors (Lipinski definition) is 0. The molecule has 4 aromatic rings. The normalized spacial score (nSPS) is 12.8. The lowest BCUT2D eigenvalue weighted by molar-refractivity contribution is 0.146. The highest BCUT2D eigenvalue weighted by molar-refractivity contribution is 5.92. The molecule has 3 heterocycles. The summed E-state index contributed by atoms with van der Waals surface area (Å²) < 4.78 is 18.6. The molecule has 8 heteroatoms. The fraction of sp³-hybridized carbons (Fsp3) is 0.208. The first-order valence-corrected chi connectivity index (χ1v) is 10.3. The molecule has 0 atom stereocenters. The van der Waals surface area contributed by atoms with Crippen molar-refractivity contribution in [1.29, 1.82) is 0 Å². The van der Waals surface area contributed by atoms with E-state index in [-0.39, 0.29) is 0 Å². The van der Waals surface area contributed by atoms with Crippen LogP contribution in [0.25, 0.3) is 5.65 Å². The molecule has 0 radical (unpaired) electrons. The van der Waals surface area contributed by atoms with Gasteiger partial charge in [0, 0.05) is 36.8 Å². The summed E-state index contributed by atoms with van der Waals surface area (Å²) in [5.41, 5.74) is 4.92. The molecule has 0 saturated heterocycles. The Morgan fingerprint density at radius 3 is 2.81 bits per heavy atom. The SMILES string of the molecule is COCCOc1ccc2c(c1)C=NCN2c1ccc(Oc2ccn3ncnc3c2)c(C)c1. The first kappa shape index (κ1) is 20.0. The Labute approximate surface area is 185 Å². The number of benzene rings is 2. The summed E-state index contributed by atoms with van der Waals surface area (Å²) in [5, 5.41) is 4.11. The van der Waals surface area contributed by atoms with Crippen LogP contribution in [-0.4, -0.2) is 47.8 Å². The van der Waals surface area contributed by atoms with Crippen LogP contribution in [0.15, 0.2) is 66.0 Å². The van der Waals surface area contributed by atoms with E-state index >= 15 is 0 Å². The first-order chi connectivity index (χ1) is 15.7. The predicted octanol–water partition coefficient (Wildman–Crippen LogP) is 4.38. The van der Waals surface area contributed by atoms with Gasteiger partial charge in [-0.05, 0) is 55.0 Å². The van der Waals surface area contributed by atoms with Gasteiger partial charge in [-0.2, -0.15) is 5.10 Å². The number of hydrogen-bond acceptors (Lipinski definition) is 7. The molecule has 0 N–H and O–H groups in total. The second kappa shape index (κ2) is 8.68. The monoisotopic (exact) mass is 429 g/mol. The van der Waals surface area contributed by atoms with Gasteiger partial charge in [0.1, 0.15) is 36.9 Å². The average Bonchev–Trinajstić information content (AvgIpc) is 3.28. The van der Waals surface area contributed by atoms with E-state index in [9.17, 15) is 0 Å². The minimum atomic E-state index is 0.515. The Morgan fingerprint density at radius 2 is 1.94 bits per heavy atom. The fourth-order valence-electron chi connectivity index (χ4n) is 3.64. The Morgan fingerprint density at radius 1 is 1.00 bits per heavy atom. The zero-order valence-electron chi connectivity index (χ0n) is 17.9. The molecule has 0 saturated carbocycles. The van der Waals surface area contributed by atoms with Crippen LogP contribution in [0.4, 0.5) is 11.4 Å². The molecule has 1 aliphatic rings. The van der Waals surface area contributed by atoms with Crippen LogP contribution in [-0.2, 0) is 4.74 Å². The zero-order valence-corrected chi connectivity index (χ0v) is 17.9. The maximum absolute atomic E-state index is 6.10. The van der Waals surface area contributed by atoms with Gasteiger partial charge in [0.05, 0.1) is 12.3 Å². The zero-order chi connectivity index (χ0) is 21.9. The molecule has 0 bridgehead atoms.